The number of nitrogens with one attached hydrogen (secondary N) is 1. The van der Waals surface area contributed by atoms with Gasteiger partial charge in [0.05, 0.1) is 10.6 Å². The van der Waals surface area contributed by atoms with Crippen molar-refractivity contribution < 1.29 is 4.79 Å². The van der Waals surface area contributed by atoms with E-state index < -0.39 is 5.91 Å². The molecule has 4 nitrogen and oxygen atoms in total. The third-order valence-corrected chi connectivity index (χ3v) is 3.62. The van der Waals surface area contributed by atoms with Gasteiger partial charge in [-0.15, -0.1) is 0 Å². The number of hydrogen-bond acceptors (Lipinski definition) is 4. The molecule has 0 radical (unpaired) electrons. The Morgan fingerprint density at radius 3 is 2.72 bits per heavy atom. The van der Waals surface area contributed by atoms with Crippen LogP contribution in [-0.2, 0) is 0 Å². The number of rotatable bonds is 5. The number of nitrogens with zero attached hydrogens (tertiary/aromatic N) is 1. The lowest BCUT2D eigenvalue weighted by molar-refractivity contribution is 0.1000. The first-order valence-corrected chi connectivity index (χ1v) is 6.99. The molecule has 18 heavy (non-hydrogen) atoms. The number of anilines is 1. The molecule has 0 saturated heterocycles. The zero-order valence-electron chi connectivity index (χ0n) is 10.8. The summed E-state index contributed by atoms with van der Waals surface area (Å²) in [5.41, 5.74) is 5.46. The van der Waals surface area contributed by atoms with Crippen molar-refractivity contribution in [2.24, 2.45) is 5.73 Å². The van der Waals surface area contributed by atoms with Crippen LogP contribution in [0.1, 0.15) is 31.1 Å². The molecule has 6 heteroatoms. The Bertz CT molecular complexity index is 432. The number of carbonyl (C=O) groups is 1. The number of aromatic nitrogens is 1. The van der Waals surface area contributed by atoms with Crippen molar-refractivity contribution >= 4 is 35.1 Å². The van der Waals surface area contributed by atoms with Crippen LogP contribution in [0.2, 0.25) is 5.02 Å². The van der Waals surface area contributed by atoms with E-state index in [-0.39, 0.29) is 4.75 Å². The first-order valence-electron chi connectivity index (χ1n) is 5.63. The molecule has 3 N–H and O–H groups in total. The maximum Gasteiger partial charge on any atom is 0.250 e. The van der Waals surface area contributed by atoms with Crippen LogP contribution in [0.15, 0.2) is 12.3 Å². The summed E-state index contributed by atoms with van der Waals surface area (Å²) in [6.45, 7) is 7.28. The molecule has 1 amide bonds. The Balaban J connectivity index is 2.51. The van der Waals surface area contributed by atoms with Crippen LogP contribution < -0.4 is 11.1 Å². The fourth-order valence-corrected chi connectivity index (χ4v) is 2.28. The average Bonchev–Trinajstić information content (AvgIpc) is 2.24. The standard InChI is InChI=1S/C12H18ClN3OS/c1-12(2,3)18-5-4-15-11-9(13)6-8(7-16-11)10(14)17/h6-7H,4-5H2,1-3H3,(H2,14,17)(H,15,16). The Hall–Kier alpha value is -0.940. The van der Waals surface area contributed by atoms with Crippen molar-refractivity contribution in [2.45, 2.75) is 25.5 Å². The minimum absolute atomic E-state index is 0.245. The van der Waals surface area contributed by atoms with E-state index in [1.807, 2.05) is 11.8 Å². The molecule has 0 unspecified atom stereocenters. The molecule has 0 saturated carbocycles. The smallest absolute Gasteiger partial charge is 0.250 e. The van der Waals surface area contributed by atoms with Gasteiger partial charge in [-0.25, -0.2) is 4.98 Å². The summed E-state index contributed by atoms with van der Waals surface area (Å²) < 4.78 is 0.245. The normalized spacial score (nSPS) is 11.3. The van der Waals surface area contributed by atoms with Crippen molar-refractivity contribution in [3.05, 3.63) is 22.8 Å². The topological polar surface area (TPSA) is 68.0 Å². The molecule has 0 aliphatic carbocycles. The van der Waals surface area contributed by atoms with Gasteiger partial charge in [-0.2, -0.15) is 11.8 Å². The van der Waals surface area contributed by atoms with Gasteiger partial charge in [0.2, 0.25) is 5.91 Å². The molecule has 0 aliphatic rings. The highest BCUT2D eigenvalue weighted by Gasteiger charge is 2.10. The Kier molecular flexibility index (Phi) is 5.28. The second-order valence-electron chi connectivity index (χ2n) is 4.81. The predicted octanol–water partition coefficient (Wildman–Crippen LogP) is 2.78. The largest absolute Gasteiger partial charge is 0.368 e. The van der Waals surface area contributed by atoms with Gasteiger partial charge in [0.15, 0.2) is 0 Å². The van der Waals surface area contributed by atoms with E-state index in [0.717, 1.165) is 12.3 Å². The van der Waals surface area contributed by atoms with Crippen LogP contribution in [0.25, 0.3) is 0 Å². The lowest BCUT2D eigenvalue weighted by Crippen LogP contribution is -2.14. The van der Waals surface area contributed by atoms with Crippen LogP contribution in [0.5, 0.6) is 0 Å². The number of hydrogen-bond donors (Lipinski definition) is 2. The van der Waals surface area contributed by atoms with Crippen LogP contribution in [0, 0.1) is 0 Å². The molecule has 0 aliphatic heterocycles. The maximum atomic E-state index is 10.9. The molecular formula is C12H18ClN3OS. The molecule has 0 fully saturated rings. The molecule has 0 atom stereocenters. The lowest BCUT2D eigenvalue weighted by Gasteiger charge is -2.17. The Morgan fingerprint density at radius 1 is 1.56 bits per heavy atom. The average molecular weight is 288 g/mol. The van der Waals surface area contributed by atoms with E-state index in [1.165, 1.54) is 12.3 Å². The summed E-state index contributed by atoms with van der Waals surface area (Å²) in [4.78, 5) is 15.0. The number of amides is 1. The maximum absolute atomic E-state index is 10.9. The molecule has 1 heterocycles. The SMILES string of the molecule is CC(C)(C)SCCNc1ncc(C(N)=O)cc1Cl. The zero-order valence-corrected chi connectivity index (χ0v) is 12.4. The van der Waals surface area contributed by atoms with Crippen molar-refractivity contribution in [2.75, 3.05) is 17.6 Å². The molecule has 0 spiro atoms. The molecule has 1 aromatic rings. The fourth-order valence-electron chi connectivity index (χ4n) is 1.23. The van der Waals surface area contributed by atoms with E-state index in [4.69, 9.17) is 17.3 Å². The van der Waals surface area contributed by atoms with Gasteiger partial charge in [0.1, 0.15) is 5.82 Å². The third-order valence-electron chi connectivity index (χ3n) is 2.06. The van der Waals surface area contributed by atoms with Gasteiger partial charge in [-0.1, -0.05) is 32.4 Å². The Labute approximate surface area is 117 Å². The van der Waals surface area contributed by atoms with E-state index in [1.54, 1.807) is 0 Å². The van der Waals surface area contributed by atoms with Crippen molar-refractivity contribution in [1.82, 2.24) is 4.98 Å². The molecule has 0 aromatic carbocycles. The van der Waals surface area contributed by atoms with E-state index in [9.17, 15) is 4.79 Å². The van der Waals surface area contributed by atoms with Gasteiger partial charge in [-0.05, 0) is 6.07 Å². The van der Waals surface area contributed by atoms with Crippen molar-refractivity contribution in [3.8, 4) is 0 Å². The first-order chi connectivity index (χ1) is 8.29. The number of pyridine rings is 1. The minimum Gasteiger partial charge on any atom is -0.368 e. The highest BCUT2D eigenvalue weighted by atomic mass is 35.5. The lowest BCUT2D eigenvalue weighted by atomic mass is 10.3. The fraction of sp³-hybridized carbons (Fsp3) is 0.500. The number of thioether (sulfide) groups is 1. The molecule has 1 rings (SSSR count). The summed E-state index contributed by atoms with van der Waals surface area (Å²) in [6, 6.07) is 1.52. The molecular weight excluding hydrogens is 270 g/mol. The van der Waals surface area contributed by atoms with E-state index >= 15 is 0 Å². The summed E-state index contributed by atoms with van der Waals surface area (Å²) in [7, 11) is 0. The van der Waals surface area contributed by atoms with Gasteiger partial charge < -0.3 is 11.1 Å². The van der Waals surface area contributed by atoms with E-state index in [0.29, 0.717) is 16.4 Å². The van der Waals surface area contributed by atoms with Crippen molar-refractivity contribution in [3.63, 3.8) is 0 Å². The van der Waals surface area contributed by atoms with Crippen LogP contribution in [-0.4, -0.2) is 27.9 Å². The molecule has 100 valence electrons. The zero-order chi connectivity index (χ0) is 13.8. The van der Waals surface area contributed by atoms with Gasteiger partial charge in [-0.3, -0.25) is 4.79 Å². The summed E-state index contributed by atoms with van der Waals surface area (Å²) >= 11 is 7.86. The van der Waals surface area contributed by atoms with E-state index in [2.05, 4.69) is 31.1 Å². The van der Waals surface area contributed by atoms with Crippen LogP contribution in [0.3, 0.4) is 0 Å². The first kappa shape index (κ1) is 15.1. The monoisotopic (exact) mass is 287 g/mol. The van der Waals surface area contributed by atoms with Crippen molar-refractivity contribution in [1.29, 1.82) is 0 Å². The summed E-state index contributed by atoms with van der Waals surface area (Å²) in [5.74, 6) is 1.01. The van der Waals surface area contributed by atoms with Gasteiger partial charge >= 0.3 is 0 Å². The highest BCUT2D eigenvalue weighted by Crippen LogP contribution is 2.23. The van der Waals surface area contributed by atoms with Gasteiger partial charge in [0.25, 0.3) is 0 Å². The highest BCUT2D eigenvalue weighted by molar-refractivity contribution is 8.00. The Morgan fingerprint density at radius 2 is 2.22 bits per heavy atom. The number of nitrogens with two attached hydrogens (primary N) is 1. The predicted molar refractivity (Wildman–Crippen MR) is 78.5 cm³/mol. The summed E-state index contributed by atoms with van der Waals surface area (Å²) in [5, 5.41) is 3.54. The number of halogens is 1. The second kappa shape index (κ2) is 6.29. The number of carbonyl (C=O) groups excluding carboxylic acids is 1. The minimum atomic E-state index is -0.528. The quantitative estimate of drug-likeness (QED) is 0.817. The molecule has 1 aromatic heterocycles. The summed E-state index contributed by atoms with van der Waals surface area (Å²) in [6.07, 6.45) is 1.42. The molecule has 0 bridgehead atoms. The van der Waals surface area contributed by atoms with Crippen LogP contribution >= 0.6 is 23.4 Å². The number of primary amides is 1. The third kappa shape index (κ3) is 5.14. The second-order valence-corrected chi connectivity index (χ2v) is 7.14. The van der Waals surface area contributed by atoms with Crippen LogP contribution in [0.4, 0.5) is 5.82 Å². The van der Waals surface area contributed by atoms with Gasteiger partial charge in [0, 0.05) is 23.2 Å².